The lowest BCUT2D eigenvalue weighted by atomic mass is 10.2. The van der Waals surface area contributed by atoms with Gasteiger partial charge in [0.15, 0.2) is 6.39 Å². The van der Waals surface area contributed by atoms with Gasteiger partial charge in [-0.1, -0.05) is 6.42 Å². The Kier molecular flexibility index (Phi) is 3.89. The number of hydrogen-bond donors (Lipinski definition) is 1. The van der Waals surface area contributed by atoms with Gasteiger partial charge in [0.05, 0.1) is 12.7 Å². The highest BCUT2D eigenvalue weighted by Gasteiger charge is 2.13. The first kappa shape index (κ1) is 10.1. The molecule has 0 bridgehead atoms. The lowest BCUT2D eigenvalue weighted by Crippen LogP contribution is -2.26. The fraction of sp³-hybridized carbons (Fsp3) is 0.700. The van der Waals surface area contributed by atoms with Gasteiger partial charge in [0.2, 0.25) is 0 Å². The molecule has 0 aromatic carbocycles. The van der Waals surface area contributed by atoms with E-state index in [-0.39, 0.29) is 0 Å². The summed E-state index contributed by atoms with van der Waals surface area (Å²) in [5.74, 6) is 2.25. The average molecular weight is 212 g/mol. The quantitative estimate of drug-likeness (QED) is 0.829. The van der Waals surface area contributed by atoms with Gasteiger partial charge in [-0.05, 0) is 18.6 Å². The minimum Gasteiger partial charge on any atom is -0.447 e. The lowest BCUT2D eigenvalue weighted by Gasteiger charge is -2.21. The van der Waals surface area contributed by atoms with Crippen molar-refractivity contribution in [1.82, 2.24) is 10.3 Å². The summed E-state index contributed by atoms with van der Waals surface area (Å²) in [5, 5.41) is 4.20. The first-order valence-corrected chi connectivity index (χ1v) is 6.20. The molecule has 1 aromatic heterocycles. The molecule has 78 valence electrons. The van der Waals surface area contributed by atoms with Crippen LogP contribution in [-0.2, 0) is 6.54 Å². The van der Waals surface area contributed by atoms with Crippen molar-refractivity contribution in [3.05, 3.63) is 18.4 Å². The summed E-state index contributed by atoms with van der Waals surface area (Å²) < 4.78 is 5.14. The molecule has 14 heavy (non-hydrogen) atoms. The van der Waals surface area contributed by atoms with Crippen LogP contribution in [0.25, 0.3) is 0 Å². The summed E-state index contributed by atoms with van der Waals surface area (Å²) in [6, 6.07) is 0. The lowest BCUT2D eigenvalue weighted by molar-refractivity contribution is 0.475. The number of nitrogens with one attached hydrogen (secondary N) is 1. The van der Waals surface area contributed by atoms with Crippen molar-refractivity contribution in [2.24, 2.45) is 0 Å². The second-order valence-corrected chi connectivity index (χ2v) is 5.00. The monoisotopic (exact) mass is 212 g/mol. The van der Waals surface area contributed by atoms with Crippen LogP contribution in [0.2, 0.25) is 0 Å². The van der Waals surface area contributed by atoms with Crippen LogP contribution in [0.15, 0.2) is 17.0 Å². The Morgan fingerprint density at radius 1 is 1.57 bits per heavy atom. The summed E-state index contributed by atoms with van der Waals surface area (Å²) in [6.07, 6.45) is 7.38. The zero-order chi connectivity index (χ0) is 9.64. The maximum Gasteiger partial charge on any atom is 0.180 e. The minimum absolute atomic E-state index is 0.798. The fourth-order valence-corrected chi connectivity index (χ4v) is 2.93. The van der Waals surface area contributed by atoms with E-state index in [1.54, 1.807) is 6.20 Å². The molecule has 1 unspecified atom stereocenters. The van der Waals surface area contributed by atoms with Gasteiger partial charge in [-0.25, -0.2) is 4.98 Å². The second-order valence-electron chi connectivity index (χ2n) is 3.59. The molecular formula is C10H16N2OS. The van der Waals surface area contributed by atoms with E-state index in [9.17, 15) is 0 Å². The summed E-state index contributed by atoms with van der Waals surface area (Å²) in [5.41, 5.74) is 0. The van der Waals surface area contributed by atoms with E-state index >= 15 is 0 Å². The minimum atomic E-state index is 0.798. The number of hydrogen-bond acceptors (Lipinski definition) is 4. The highest BCUT2D eigenvalue weighted by molar-refractivity contribution is 7.99. The molecule has 1 fully saturated rings. The largest absolute Gasteiger partial charge is 0.447 e. The first-order chi connectivity index (χ1) is 6.95. The first-order valence-electron chi connectivity index (χ1n) is 5.15. The highest BCUT2D eigenvalue weighted by Crippen LogP contribution is 2.24. The van der Waals surface area contributed by atoms with Crippen molar-refractivity contribution < 1.29 is 4.42 Å². The Balaban J connectivity index is 1.62. The van der Waals surface area contributed by atoms with Crippen LogP contribution >= 0.6 is 11.8 Å². The van der Waals surface area contributed by atoms with Crippen LogP contribution in [0.5, 0.6) is 0 Å². The summed E-state index contributed by atoms with van der Waals surface area (Å²) in [4.78, 5) is 3.88. The number of oxazole rings is 1. The normalized spacial score (nSPS) is 22.4. The molecule has 3 nitrogen and oxygen atoms in total. The molecule has 1 saturated heterocycles. The molecule has 0 spiro atoms. The predicted octanol–water partition coefficient (Wildman–Crippen LogP) is 2.05. The Hall–Kier alpha value is -0.480. The summed E-state index contributed by atoms with van der Waals surface area (Å²) in [6.45, 7) is 1.89. The van der Waals surface area contributed by atoms with Gasteiger partial charge in [0.1, 0.15) is 5.76 Å². The van der Waals surface area contributed by atoms with Gasteiger partial charge in [-0.3, -0.25) is 0 Å². The molecular weight excluding hydrogens is 196 g/mol. The van der Waals surface area contributed by atoms with Gasteiger partial charge >= 0.3 is 0 Å². The average Bonchev–Trinajstić information content (AvgIpc) is 2.72. The van der Waals surface area contributed by atoms with Crippen LogP contribution in [0.3, 0.4) is 0 Å². The van der Waals surface area contributed by atoms with E-state index in [1.165, 1.54) is 31.4 Å². The van der Waals surface area contributed by atoms with Crippen LogP contribution in [0.4, 0.5) is 0 Å². The molecule has 4 heteroatoms. The molecule has 1 atom stereocenters. The third-order valence-electron chi connectivity index (χ3n) is 2.43. The van der Waals surface area contributed by atoms with E-state index in [4.69, 9.17) is 4.42 Å². The molecule has 2 heterocycles. The van der Waals surface area contributed by atoms with E-state index < -0.39 is 0 Å². The molecule has 2 rings (SSSR count). The molecule has 1 aromatic rings. The molecule has 0 amide bonds. The number of nitrogens with zero attached hydrogens (tertiary/aromatic N) is 1. The van der Waals surface area contributed by atoms with E-state index in [0.29, 0.717) is 0 Å². The van der Waals surface area contributed by atoms with Crippen LogP contribution < -0.4 is 5.32 Å². The van der Waals surface area contributed by atoms with Crippen molar-refractivity contribution in [3.63, 3.8) is 0 Å². The summed E-state index contributed by atoms with van der Waals surface area (Å²) in [7, 11) is 0. The SMILES string of the molecule is c1ncc(CNCC2CCCCS2)o1. The number of thioether (sulfide) groups is 1. The molecule has 0 saturated carbocycles. The summed E-state index contributed by atoms with van der Waals surface area (Å²) >= 11 is 2.09. The maximum atomic E-state index is 5.14. The van der Waals surface area contributed by atoms with Crippen LogP contribution in [-0.4, -0.2) is 22.5 Å². The zero-order valence-electron chi connectivity index (χ0n) is 8.24. The standard InChI is InChI=1S/C10H16N2OS/c1-2-4-14-10(3-1)7-11-5-9-6-12-8-13-9/h6,8,10-11H,1-5,7H2. The second kappa shape index (κ2) is 5.41. The van der Waals surface area contributed by atoms with Crippen molar-refractivity contribution >= 4 is 11.8 Å². The zero-order valence-corrected chi connectivity index (χ0v) is 9.05. The fourth-order valence-electron chi connectivity index (χ4n) is 1.65. The van der Waals surface area contributed by atoms with E-state index in [0.717, 1.165) is 24.1 Å². The van der Waals surface area contributed by atoms with Crippen LogP contribution in [0.1, 0.15) is 25.0 Å². The Bertz CT molecular complexity index is 245. The molecule has 1 aliphatic heterocycles. The molecule has 0 aliphatic carbocycles. The van der Waals surface area contributed by atoms with Gasteiger partial charge in [-0.15, -0.1) is 0 Å². The van der Waals surface area contributed by atoms with Gasteiger partial charge in [0, 0.05) is 11.8 Å². The topological polar surface area (TPSA) is 38.1 Å². The smallest absolute Gasteiger partial charge is 0.180 e. The molecule has 1 N–H and O–H groups in total. The van der Waals surface area contributed by atoms with Crippen molar-refractivity contribution in [2.45, 2.75) is 31.1 Å². The van der Waals surface area contributed by atoms with Crippen molar-refractivity contribution in [1.29, 1.82) is 0 Å². The predicted molar refractivity (Wildman–Crippen MR) is 58.3 cm³/mol. The Morgan fingerprint density at radius 3 is 3.29 bits per heavy atom. The van der Waals surface area contributed by atoms with Crippen molar-refractivity contribution in [2.75, 3.05) is 12.3 Å². The molecule has 1 aliphatic rings. The maximum absolute atomic E-state index is 5.14. The number of rotatable bonds is 4. The van der Waals surface area contributed by atoms with Crippen molar-refractivity contribution in [3.8, 4) is 0 Å². The van der Waals surface area contributed by atoms with Gasteiger partial charge in [0.25, 0.3) is 0 Å². The van der Waals surface area contributed by atoms with E-state index in [1.807, 2.05) is 0 Å². The van der Waals surface area contributed by atoms with Gasteiger partial charge < -0.3 is 9.73 Å². The highest BCUT2D eigenvalue weighted by atomic mass is 32.2. The molecule has 0 radical (unpaired) electrons. The Labute approximate surface area is 88.7 Å². The third kappa shape index (κ3) is 3.03. The van der Waals surface area contributed by atoms with E-state index in [2.05, 4.69) is 22.1 Å². The Morgan fingerprint density at radius 2 is 2.57 bits per heavy atom. The third-order valence-corrected chi connectivity index (χ3v) is 3.83. The number of aromatic nitrogens is 1. The van der Waals surface area contributed by atoms with Crippen LogP contribution in [0, 0.1) is 0 Å². The van der Waals surface area contributed by atoms with Gasteiger partial charge in [-0.2, -0.15) is 11.8 Å².